The van der Waals surface area contributed by atoms with Gasteiger partial charge in [0.1, 0.15) is 5.75 Å². The number of hydrogen-bond donors (Lipinski definition) is 2. The van der Waals surface area contributed by atoms with Crippen molar-refractivity contribution in [3.63, 3.8) is 0 Å². The average molecular weight is 402 g/mol. The van der Waals surface area contributed by atoms with Gasteiger partial charge < -0.3 is 10.4 Å². The molecule has 0 spiro atoms. The molecule has 1 unspecified atom stereocenters. The van der Waals surface area contributed by atoms with E-state index in [-0.39, 0.29) is 22.6 Å². The van der Waals surface area contributed by atoms with Crippen LogP contribution in [0.2, 0.25) is 0 Å². The van der Waals surface area contributed by atoms with E-state index in [2.05, 4.69) is 27.9 Å². The first-order chi connectivity index (χ1) is 9.49. The summed E-state index contributed by atoms with van der Waals surface area (Å²) in [5.41, 5.74) is 1.74. The van der Waals surface area contributed by atoms with Crippen molar-refractivity contribution in [3.05, 3.63) is 57.2 Å². The van der Waals surface area contributed by atoms with Gasteiger partial charge in [0.25, 0.3) is 5.91 Å². The molecule has 0 aliphatic carbocycles. The Kier molecular flexibility index (Phi) is 4.88. The van der Waals surface area contributed by atoms with Gasteiger partial charge in [-0.2, -0.15) is 0 Å². The summed E-state index contributed by atoms with van der Waals surface area (Å²) in [5, 5.41) is 12.3. The fraction of sp³-hybridized carbons (Fsp3) is 0.133. The number of para-hydroxylation sites is 1. The number of rotatable bonds is 3. The van der Waals surface area contributed by atoms with Gasteiger partial charge in [-0.25, -0.2) is 0 Å². The highest BCUT2D eigenvalue weighted by Crippen LogP contribution is 2.28. The van der Waals surface area contributed by atoms with E-state index < -0.39 is 0 Å². The first-order valence-corrected chi connectivity index (χ1v) is 7.53. The van der Waals surface area contributed by atoms with Gasteiger partial charge in [0.15, 0.2) is 0 Å². The van der Waals surface area contributed by atoms with Crippen LogP contribution in [0, 0.1) is 3.57 Å². The molecule has 2 aromatic rings. The van der Waals surface area contributed by atoms with Gasteiger partial charge in [-0.05, 0) is 59.3 Å². The number of amides is 1. The maximum atomic E-state index is 12.2. The summed E-state index contributed by atoms with van der Waals surface area (Å²) in [5.74, 6) is -0.398. The van der Waals surface area contributed by atoms with Crippen LogP contribution in [0.5, 0.6) is 5.75 Å². The molecule has 0 aromatic heterocycles. The number of nitrogens with one attached hydrogen (secondary N) is 1. The molecule has 0 aliphatic heterocycles. The number of alkyl halides is 1. The Bertz CT molecular complexity index is 644. The quantitative estimate of drug-likeness (QED) is 0.585. The second kappa shape index (κ2) is 6.45. The van der Waals surface area contributed by atoms with Gasteiger partial charge in [-0.1, -0.05) is 18.2 Å². The molecule has 2 rings (SSSR count). The molecule has 2 aromatic carbocycles. The number of halogens is 2. The minimum Gasteiger partial charge on any atom is -0.507 e. The number of carbonyl (C=O) groups is 1. The van der Waals surface area contributed by atoms with Gasteiger partial charge in [-0.3, -0.25) is 4.79 Å². The van der Waals surface area contributed by atoms with Gasteiger partial charge in [0, 0.05) is 9.26 Å². The van der Waals surface area contributed by atoms with Gasteiger partial charge in [0.2, 0.25) is 0 Å². The molecule has 0 aliphatic rings. The van der Waals surface area contributed by atoms with Crippen molar-refractivity contribution < 1.29 is 9.90 Å². The summed E-state index contributed by atoms with van der Waals surface area (Å²) in [6.07, 6.45) is 0. The highest BCUT2D eigenvalue weighted by Gasteiger charge is 2.14. The maximum absolute atomic E-state index is 12.2. The van der Waals surface area contributed by atoms with Crippen LogP contribution in [0.4, 0.5) is 5.69 Å². The zero-order chi connectivity index (χ0) is 14.7. The first-order valence-electron chi connectivity index (χ1n) is 6.02. The zero-order valence-corrected chi connectivity index (χ0v) is 13.6. The molecule has 1 atom stereocenters. The molecule has 0 saturated carbocycles. The van der Waals surface area contributed by atoms with Crippen LogP contribution in [0.15, 0.2) is 42.5 Å². The van der Waals surface area contributed by atoms with Crippen LogP contribution in [0.1, 0.15) is 28.2 Å². The van der Waals surface area contributed by atoms with E-state index in [1.807, 2.05) is 25.1 Å². The van der Waals surface area contributed by atoms with Crippen LogP contribution in [-0.2, 0) is 0 Å². The lowest BCUT2D eigenvalue weighted by Crippen LogP contribution is -2.13. The van der Waals surface area contributed by atoms with Crippen LogP contribution in [0.25, 0.3) is 0 Å². The summed E-state index contributed by atoms with van der Waals surface area (Å²) in [7, 11) is 0. The molecule has 20 heavy (non-hydrogen) atoms. The topological polar surface area (TPSA) is 49.3 Å². The van der Waals surface area contributed by atoms with Crippen molar-refractivity contribution in [2.45, 2.75) is 12.3 Å². The third kappa shape index (κ3) is 3.43. The summed E-state index contributed by atoms with van der Waals surface area (Å²) < 4.78 is 0.879. The minimum atomic E-state index is -0.356. The first kappa shape index (κ1) is 15.1. The summed E-state index contributed by atoms with van der Waals surface area (Å²) >= 11 is 8.18. The molecule has 3 nitrogen and oxygen atoms in total. The molecule has 0 heterocycles. The highest BCUT2D eigenvalue weighted by molar-refractivity contribution is 14.1. The largest absolute Gasteiger partial charge is 0.507 e. The van der Waals surface area contributed by atoms with E-state index in [1.54, 1.807) is 18.2 Å². The molecule has 0 fully saturated rings. The third-order valence-corrected chi connectivity index (χ3v) is 3.75. The molecule has 0 radical (unpaired) electrons. The summed E-state index contributed by atoms with van der Waals surface area (Å²) in [6, 6.07) is 12.2. The van der Waals surface area contributed by atoms with Crippen molar-refractivity contribution in [1.82, 2.24) is 0 Å². The van der Waals surface area contributed by atoms with E-state index in [0.717, 1.165) is 9.13 Å². The monoisotopic (exact) mass is 401 g/mol. The van der Waals surface area contributed by atoms with Gasteiger partial charge in [0.05, 0.1) is 10.9 Å². The van der Waals surface area contributed by atoms with Crippen LogP contribution < -0.4 is 5.32 Å². The average Bonchev–Trinajstić information content (AvgIpc) is 2.41. The molecular weight excluding hydrogens is 389 g/mol. The standard InChI is InChI=1S/C15H13ClINO2/c1-9(16)11-4-2-3-5-13(11)18-15(20)12-8-10(17)6-7-14(12)19/h2-9,19H,1H3,(H,18,20). The molecule has 5 heteroatoms. The number of anilines is 1. The number of hydrogen-bond acceptors (Lipinski definition) is 2. The Morgan fingerprint density at radius 1 is 1.30 bits per heavy atom. The molecule has 2 N–H and O–H groups in total. The van der Waals surface area contributed by atoms with Crippen molar-refractivity contribution in [3.8, 4) is 5.75 Å². The Morgan fingerprint density at radius 2 is 2.00 bits per heavy atom. The summed E-state index contributed by atoms with van der Waals surface area (Å²) in [6.45, 7) is 1.84. The van der Waals surface area contributed by atoms with E-state index in [0.29, 0.717) is 5.69 Å². The van der Waals surface area contributed by atoms with Crippen molar-refractivity contribution in [2.75, 3.05) is 5.32 Å². The highest BCUT2D eigenvalue weighted by atomic mass is 127. The van der Waals surface area contributed by atoms with Crippen molar-refractivity contribution in [2.24, 2.45) is 0 Å². The predicted molar refractivity (Wildman–Crippen MR) is 89.5 cm³/mol. The van der Waals surface area contributed by atoms with Gasteiger partial charge in [-0.15, -0.1) is 11.6 Å². The predicted octanol–water partition coefficient (Wildman–Crippen LogP) is 4.55. The molecule has 1 amide bonds. The van der Waals surface area contributed by atoms with E-state index >= 15 is 0 Å². The van der Waals surface area contributed by atoms with Crippen LogP contribution >= 0.6 is 34.2 Å². The molecule has 0 bridgehead atoms. The van der Waals surface area contributed by atoms with E-state index in [4.69, 9.17) is 11.6 Å². The maximum Gasteiger partial charge on any atom is 0.259 e. The lowest BCUT2D eigenvalue weighted by atomic mass is 10.1. The second-order valence-corrected chi connectivity index (χ2v) is 6.22. The number of carbonyl (C=O) groups excluding carboxylic acids is 1. The van der Waals surface area contributed by atoms with Gasteiger partial charge >= 0.3 is 0 Å². The Morgan fingerprint density at radius 3 is 2.70 bits per heavy atom. The Labute approximate surface area is 136 Å². The molecular formula is C15H13ClINO2. The van der Waals surface area contributed by atoms with Crippen molar-refractivity contribution >= 4 is 45.8 Å². The molecule has 0 saturated heterocycles. The number of phenols is 1. The Balaban J connectivity index is 2.31. The van der Waals surface area contributed by atoms with E-state index in [9.17, 15) is 9.90 Å². The van der Waals surface area contributed by atoms with Crippen molar-refractivity contribution in [1.29, 1.82) is 0 Å². The lowest BCUT2D eigenvalue weighted by Gasteiger charge is -2.13. The minimum absolute atomic E-state index is 0.0423. The number of phenolic OH excluding ortho intramolecular Hbond substituents is 1. The molecule has 104 valence electrons. The smallest absolute Gasteiger partial charge is 0.259 e. The van der Waals surface area contributed by atoms with Crippen LogP contribution in [0.3, 0.4) is 0 Å². The number of benzene rings is 2. The third-order valence-electron chi connectivity index (χ3n) is 2.84. The lowest BCUT2D eigenvalue weighted by molar-refractivity contribution is 0.102. The van der Waals surface area contributed by atoms with Crippen LogP contribution in [-0.4, -0.2) is 11.0 Å². The number of aromatic hydroxyl groups is 1. The second-order valence-electron chi connectivity index (χ2n) is 4.32. The fourth-order valence-corrected chi connectivity index (χ4v) is 2.52. The normalized spacial score (nSPS) is 11.9. The Hall–Kier alpha value is -1.27. The summed E-state index contributed by atoms with van der Waals surface area (Å²) in [4.78, 5) is 12.2. The zero-order valence-electron chi connectivity index (χ0n) is 10.7. The van der Waals surface area contributed by atoms with E-state index in [1.165, 1.54) is 6.07 Å². The fourth-order valence-electron chi connectivity index (χ4n) is 1.84. The SMILES string of the molecule is CC(Cl)c1ccccc1NC(=O)c1cc(I)ccc1O.